The number of aromatic nitrogens is 1. The molecule has 0 atom stereocenters. The van der Waals surface area contributed by atoms with E-state index in [9.17, 15) is 0 Å². The normalized spacial score (nSPS) is 12.6. The van der Waals surface area contributed by atoms with Crippen molar-refractivity contribution >= 4 is 49.3 Å². The molecule has 234 valence electrons. The smallest absolute Gasteiger partial charge is 0.0790 e. The van der Waals surface area contributed by atoms with Gasteiger partial charge in [-0.3, -0.25) is 4.98 Å². The molecule has 0 fully saturated rings. The molecule has 0 saturated heterocycles. The van der Waals surface area contributed by atoms with E-state index in [1.54, 1.807) is 0 Å². The van der Waals surface area contributed by atoms with Crippen molar-refractivity contribution in [3.8, 4) is 44.5 Å². The van der Waals surface area contributed by atoms with Crippen molar-refractivity contribution in [2.24, 2.45) is 0 Å². The number of nitrogens with zero attached hydrogens (tertiary/aromatic N) is 1. The van der Waals surface area contributed by atoms with Crippen molar-refractivity contribution in [1.82, 2.24) is 4.98 Å². The highest BCUT2D eigenvalue weighted by Crippen LogP contribution is 2.45. The van der Waals surface area contributed by atoms with Crippen LogP contribution in [0, 0.1) is 0 Å². The van der Waals surface area contributed by atoms with Crippen LogP contribution in [0.5, 0.6) is 0 Å². The lowest BCUT2D eigenvalue weighted by atomic mass is 9.84. The largest absolute Gasteiger partial charge is 0.252 e. The summed E-state index contributed by atoms with van der Waals surface area (Å²) in [6, 6.07) is 59.9. The molecular weight excluding hydrogens is 603 g/mol. The highest BCUT2D eigenvalue weighted by Gasteiger charge is 2.20. The summed E-state index contributed by atoms with van der Waals surface area (Å²) in [5, 5.41) is 8.77. The lowest BCUT2D eigenvalue weighted by Crippen LogP contribution is -2.02. The molecule has 9 aromatic rings. The molecule has 0 radical (unpaired) electrons. The van der Waals surface area contributed by atoms with Crippen LogP contribution < -0.4 is 0 Å². The van der Waals surface area contributed by atoms with Crippen LogP contribution in [0.3, 0.4) is 0 Å². The first kappa shape index (κ1) is 28.7. The zero-order valence-corrected chi connectivity index (χ0v) is 27.6. The van der Waals surface area contributed by atoms with E-state index in [2.05, 4.69) is 176 Å². The number of pyridine rings is 1. The second-order valence-corrected chi connectivity index (χ2v) is 13.3. The molecule has 1 aliphatic carbocycles. The Balaban J connectivity index is 1.14. The second-order valence-electron chi connectivity index (χ2n) is 13.3. The Morgan fingerprint density at radius 3 is 1.70 bits per heavy atom. The Kier molecular flexibility index (Phi) is 6.70. The number of aryl methyl sites for hydroxylation is 1. The van der Waals surface area contributed by atoms with Gasteiger partial charge in [-0.1, -0.05) is 170 Å². The number of benzene rings is 8. The molecule has 0 bridgehead atoms. The first-order valence-electron chi connectivity index (χ1n) is 17.5. The Morgan fingerprint density at radius 1 is 0.380 bits per heavy atom. The molecular formula is C49H33N. The van der Waals surface area contributed by atoms with Gasteiger partial charge in [-0.25, -0.2) is 0 Å². The minimum absolute atomic E-state index is 0.966. The van der Waals surface area contributed by atoms with Crippen LogP contribution in [0.4, 0.5) is 0 Å². The van der Waals surface area contributed by atoms with Crippen LogP contribution in [-0.2, 0) is 6.42 Å². The zero-order valence-electron chi connectivity index (χ0n) is 27.6. The Hall–Kier alpha value is -6.31. The van der Waals surface area contributed by atoms with Gasteiger partial charge in [0, 0.05) is 27.6 Å². The van der Waals surface area contributed by atoms with Gasteiger partial charge >= 0.3 is 0 Å². The molecule has 0 spiro atoms. The molecule has 1 aliphatic rings. The van der Waals surface area contributed by atoms with Gasteiger partial charge in [-0.05, 0) is 84.8 Å². The van der Waals surface area contributed by atoms with Crippen molar-refractivity contribution in [3.05, 3.63) is 181 Å². The highest BCUT2D eigenvalue weighted by molar-refractivity contribution is 6.21. The second kappa shape index (κ2) is 11.7. The fraction of sp³-hybridized carbons (Fsp3) is 0.0408. The minimum Gasteiger partial charge on any atom is -0.252 e. The highest BCUT2D eigenvalue weighted by atomic mass is 14.7. The van der Waals surface area contributed by atoms with E-state index in [1.165, 1.54) is 93.5 Å². The summed E-state index contributed by atoms with van der Waals surface area (Å²) in [5.74, 6) is 0. The summed E-state index contributed by atoms with van der Waals surface area (Å²) in [7, 11) is 0. The van der Waals surface area contributed by atoms with Crippen molar-refractivity contribution in [2.45, 2.75) is 12.8 Å². The fourth-order valence-electron chi connectivity index (χ4n) is 8.19. The Morgan fingerprint density at radius 2 is 0.960 bits per heavy atom. The van der Waals surface area contributed by atoms with E-state index >= 15 is 0 Å². The van der Waals surface area contributed by atoms with Gasteiger partial charge in [0.1, 0.15) is 0 Å². The van der Waals surface area contributed by atoms with Crippen LogP contribution in [0.2, 0.25) is 0 Å². The van der Waals surface area contributed by atoms with Crippen LogP contribution >= 0.6 is 0 Å². The van der Waals surface area contributed by atoms with Crippen LogP contribution in [0.1, 0.15) is 17.7 Å². The summed E-state index contributed by atoms with van der Waals surface area (Å²) in [5.41, 5.74) is 13.5. The maximum absolute atomic E-state index is 5.27. The van der Waals surface area contributed by atoms with E-state index in [0.29, 0.717) is 0 Å². The van der Waals surface area contributed by atoms with Crippen molar-refractivity contribution in [1.29, 1.82) is 0 Å². The SMILES string of the molecule is C1=Cc2c(nc3c(ccc4ccccc43)c2-c2cccc(-c3ccc(-c4c(-c5ccccc5)c5ccccc5c5ccccc45)cc3)c2)CC1. The third-order valence-electron chi connectivity index (χ3n) is 10.5. The monoisotopic (exact) mass is 635 g/mol. The van der Waals surface area contributed by atoms with Gasteiger partial charge in [0.25, 0.3) is 0 Å². The molecule has 0 aliphatic heterocycles. The van der Waals surface area contributed by atoms with Gasteiger partial charge in [0.2, 0.25) is 0 Å². The fourth-order valence-corrected chi connectivity index (χ4v) is 8.19. The molecule has 1 nitrogen and oxygen atoms in total. The molecule has 1 heteroatoms. The topological polar surface area (TPSA) is 12.9 Å². The summed E-state index contributed by atoms with van der Waals surface area (Å²) >= 11 is 0. The number of hydrogen-bond acceptors (Lipinski definition) is 1. The van der Waals surface area contributed by atoms with Gasteiger partial charge in [0.15, 0.2) is 0 Å². The van der Waals surface area contributed by atoms with E-state index < -0.39 is 0 Å². The lowest BCUT2D eigenvalue weighted by molar-refractivity contribution is 0.940. The lowest BCUT2D eigenvalue weighted by Gasteiger charge is -2.19. The predicted octanol–water partition coefficient (Wildman–Crippen LogP) is 13.3. The maximum atomic E-state index is 5.27. The Labute approximate surface area is 291 Å². The van der Waals surface area contributed by atoms with Crippen LogP contribution in [0.25, 0.3) is 93.8 Å². The molecule has 0 unspecified atom stereocenters. The van der Waals surface area contributed by atoms with Gasteiger partial charge in [-0.2, -0.15) is 0 Å². The number of hydrogen-bond donors (Lipinski definition) is 0. The maximum Gasteiger partial charge on any atom is 0.0790 e. The summed E-state index contributed by atoms with van der Waals surface area (Å²) < 4.78 is 0. The first-order valence-corrected chi connectivity index (χ1v) is 17.5. The van der Waals surface area contributed by atoms with Gasteiger partial charge in [0.05, 0.1) is 5.52 Å². The summed E-state index contributed by atoms with van der Waals surface area (Å²) in [6.45, 7) is 0. The zero-order chi connectivity index (χ0) is 33.0. The minimum atomic E-state index is 0.966. The molecule has 1 heterocycles. The number of allylic oxidation sites excluding steroid dienone is 1. The summed E-state index contributed by atoms with van der Waals surface area (Å²) in [4.78, 5) is 5.27. The third kappa shape index (κ3) is 4.59. The van der Waals surface area contributed by atoms with Crippen molar-refractivity contribution in [3.63, 3.8) is 0 Å². The third-order valence-corrected chi connectivity index (χ3v) is 10.5. The summed E-state index contributed by atoms with van der Waals surface area (Å²) in [6.07, 6.45) is 6.58. The molecule has 50 heavy (non-hydrogen) atoms. The van der Waals surface area contributed by atoms with Gasteiger partial charge in [-0.15, -0.1) is 0 Å². The van der Waals surface area contributed by atoms with Crippen LogP contribution in [0.15, 0.2) is 170 Å². The van der Waals surface area contributed by atoms with Gasteiger partial charge < -0.3 is 0 Å². The standard InChI is InChI=1S/C49H33N/c1-2-14-34(15-3-1)47-41-21-8-6-19-39(41)40-20-7-9-22-42(40)48(47)35-27-25-32(26-28-35)36-16-12-17-37(31-36)46-43-23-10-11-24-45(43)50-49-38-18-5-4-13-33(38)29-30-44(46)49/h1-10,12-23,25-31H,11,24H2. The first-order chi connectivity index (χ1) is 24.8. The average molecular weight is 636 g/mol. The van der Waals surface area contributed by atoms with E-state index in [-0.39, 0.29) is 0 Å². The van der Waals surface area contributed by atoms with E-state index in [0.717, 1.165) is 18.4 Å². The predicted molar refractivity (Wildman–Crippen MR) is 213 cm³/mol. The quantitative estimate of drug-likeness (QED) is 0.175. The molecule has 10 rings (SSSR count). The molecule has 0 N–H and O–H groups in total. The molecule has 8 aromatic carbocycles. The molecule has 1 aromatic heterocycles. The Bertz CT molecular complexity index is 2790. The van der Waals surface area contributed by atoms with E-state index in [4.69, 9.17) is 4.98 Å². The average Bonchev–Trinajstić information content (AvgIpc) is 3.20. The number of rotatable bonds is 4. The number of fused-ring (bicyclic) bond motifs is 7. The van der Waals surface area contributed by atoms with Crippen molar-refractivity contribution in [2.75, 3.05) is 0 Å². The van der Waals surface area contributed by atoms with Crippen LogP contribution in [-0.4, -0.2) is 4.98 Å². The van der Waals surface area contributed by atoms with E-state index in [1.807, 2.05) is 0 Å². The van der Waals surface area contributed by atoms with Crippen molar-refractivity contribution < 1.29 is 0 Å². The molecule has 0 amide bonds. The molecule has 0 saturated carbocycles.